The third-order valence-corrected chi connectivity index (χ3v) is 4.40. The third kappa shape index (κ3) is 3.43. The first kappa shape index (κ1) is 17.3. The van der Waals surface area contributed by atoms with E-state index < -0.39 is 17.8 Å². The van der Waals surface area contributed by atoms with Crippen LogP contribution in [-0.2, 0) is 6.54 Å². The molecule has 1 atom stereocenters. The molecule has 8 heteroatoms. The highest BCUT2D eigenvalue weighted by Crippen LogP contribution is 2.23. The van der Waals surface area contributed by atoms with E-state index in [2.05, 4.69) is 15.7 Å². The number of carbonyl (C=O) groups excluding carboxylic acids is 1. The minimum Gasteiger partial charge on any atom is -0.347 e. The largest absolute Gasteiger partial charge is 0.347 e. The quantitative estimate of drug-likeness (QED) is 0.740. The zero-order valence-corrected chi connectivity index (χ0v) is 14.0. The van der Waals surface area contributed by atoms with Gasteiger partial charge in [-0.15, -0.1) is 0 Å². The van der Waals surface area contributed by atoms with Gasteiger partial charge in [-0.1, -0.05) is 6.07 Å². The second-order valence-corrected chi connectivity index (χ2v) is 6.21. The van der Waals surface area contributed by atoms with Crippen LogP contribution >= 0.6 is 0 Å². The topological polar surface area (TPSA) is 59.0 Å². The highest BCUT2D eigenvalue weighted by molar-refractivity contribution is 5.94. The number of rotatable bonds is 4. The SMILES string of the molecule is O=C1NC[C@H](NCc2ccc(F)cc2F)n2nc(-c3ccc(F)cc3)cc21. The number of carbonyl (C=O) groups is 1. The fourth-order valence-electron chi connectivity index (χ4n) is 2.98. The Balaban J connectivity index is 1.59. The molecule has 2 aromatic carbocycles. The molecular formula is C19H15F3N4O. The average molecular weight is 372 g/mol. The van der Waals surface area contributed by atoms with E-state index in [1.165, 1.54) is 28.9 Å². The number of amides is 1. The number of nitrogens with zero attached hydrogens (tertiary/aromatic N) is 2. The van der Waals surface area contributed by atoms with Gasteiger partial charge in [-0.05, 0) is 36.4 Å². The molecule has 3 aromatic rings. The number of halogens is 3. The van der Waals surface area contributed by atoms with E-state index in [-0.39, 0.29) is 24.8 Å². The van der Waals surface area contributed by atoms with Gasteiger partial charge < -0.3 is 5.32 Å². The second-order valence-electron chi connectivity index (χ2n) is 6.21. The monoisotopic (exact) mass is 372 g/mol. The molecule has 0 bridgehead atoms. The first-order valence-corrected chi connectivity index (χ1v) is 8.32. The van der Waals surface area contributed by atoms with Crippen LogP contribution in [0.4, 0.5) is 13.2 Å². The van der Waals surface area contributed by atoms with Crippen LogP contribution in [0.1, 0.15) is 22.2 Å². The zero-order valence-electron chi connectivity index (χ0n) is 14.0. The van der Waals surface area contributed by atoms with E-state index in [1.807, 2.05) is 0 Å². The number of aromatic nitrogens is 2. The van der Waals surface area contributed by atoms with Crippen LogP contribution in [0.15, 0.2) is 48.5 Å². The molecule has 0 unspecified atom stereocenters. The summed E-state index contributed by atoms with van der Waals surface area (Å²) in [5.74, 6) is -1.92. The van der Waals surface area contributed by atoms with Gasteiger partial charge >= 0.3 is 0 Å². The predicted octanol–water partition coefficient (Wildman–Crippen LogP) is 3.00. The average Bonchev–Trinajstić information content (AvgIpc) is 3.09. The Morgan fingerprint density at radius 1 is 1.07 bits per heavy atom. The maximum absolute atomic E-state index is 13.8. The first-order valence-electron chi connectivity index (χ1n) is 8.32. The van der Waals surface area contributed by atoms with Crippen molar-refractivity contribution in [3.8, 4) is 11.3 Å². The lowest BCUT2D eigenvalue weighted by atomic mass is 10.1. The third-order valence-electron chi connectivity index (χ3n) is 4.40. The Kier molecular flexibility index (Phi) is 4.41. The molecule has 0 saturated carbocycles. The molecule has 0 fully saturated rings. The Hall–Kier alpha value is -3.13. The van der Waals surface area contributed by atoms with Gasteiger partial charge in [0.25, 0.3) is 5.91 Å². The summed E-state index contributed by atoms with van der Waals surface area (Å²) < 4.78 is 41.5. The summed E-state index contributed by atoms with van der Waals surface area (Å²) in [6.07, 6.45) is -0.406. The van der Waals surface area contributed by atoms with Gasteiger partial charge in [0.2, 0.25) is 0 Å². The van der Waals surface area contributed by atoms with Crippen molar-refractivity contribution in [2.75, 3.05) is 6.54 Å². The van der Waals surface area contributed by atoms with Crippen LogP contribution in [0.25, 0.3) is 11.3 Å². The van der Waals surface area contributed by atoms with Crippen molar-refractivity contribution in [2.24, 2.45) is 0 Å². The van der Waals surface area contributed by atoms with Crippen LogP contribution in [0.2, 0.25) is 0 Å². The fourth-order valence-corrected chi connectivity index (χ4v) is 2.98. The predicted molar refractivity (Wildman–Crippen MR) is 92.2 cm³/mol. The molecule has 1 aromatic heterocycles. The normalized spacial score (nSPS) is 16.1. The van der Waals surface area contributed by atoms with Crippen molar-refractivity contribution in [3.05, 3.63) is 77.2 Å². The number of nitrogens with one attached hydrogen (secondary N) is 2. The molecule has 1 aliphatic rings. The molecule has 1 aliphatic heterocycles. The number of benzene rings is 2. The number of fused-ring (bicyclic) bond motifs is 1. The van der Waals surface area contributed by atoms with Gasteiger partial charge in [0.05, 0.1) is 12.2 Å². The Labute approximate surface area is 152 Å². The van der Waals surface area contributed by atoms with Gasteiger partial charge in [-0.3, -0.25) is 10.1 Å². The van der Waals surface area contributed by atoms with Crippen molar-refractivity contribution >= 4 is 5.91 Å². The summed E-state index contributed by atoms with van der Waals surface area (Å²) in [7, 11) is 0. The summed E-state index contributed by atoms with van der Waals surface area (Å²) in [5, 5.41) is 10.3. The molecule has 0 aliphatic carbocycles. The summed E-state index contributed by atoms with van der Waals surface area (Å²) in [6, 6.07) is 10.8. The molecule has 4 rings (SSSR count). The van der Waals surface area contributed by atoms with Gasteiger partial charge in [0, 0.05) is 23.7 Å². The lowest BCUT2D eigenvalue weighted by Gasteiger charge is -2.25. The van der Waals surface area contributed by atoms with Gasteiger partial charge in [-0.25, -0.2) is 17.9 Å². The van der Waals surface area contributed by atoms with Crippen molar-refractivity contribution in [2.45, 2.75) is 12.7 Å². The van der Waals surface area contributed by atoms with Gasteiger partial charge in [0.15, 0.2) is 0 Å². The van der Waals surface area contributed by atoms with Crippen molar-refractivity contribution in [1.29, 1.82) is 0 Å². The standard InChI is InChI=1S/C19H15F3N4O/c20-13-4-1-11(2-5-13)16-8-17-19(27)24-10-18(26(17)25-16)23-9-12-3-6-14(21)7-15(12)22/h1-8,18,23H,9-10H2,(H,24,27)/t18-/m1/s1. The van der Waals surface area contributed by atoms with Gasteiger partial charge in [0.1, 0.15) is 29.3 Å². The Morgan fingerprint density at radius 3 is 2.56 bits per heavy atom. The van der Waals surface area contributed by atoms with Crippen LogP contribution in [-0.4, -0.2) is 22.2 Å². The summed E-state index contributed by atoms with van der Waals surface area (Å²) in [4.78, 5) is 12.1. The van der Waals surface area contributed by atoms with E-state index >= 15 is 0 Å². The Morgan fingerprint density at radius 2 is 1.81 bits per heavy atom. The van der Waals surface area contributed by atoms with Gasteiger partial charge in [-0.2, -0.15) is 5.10 Å². The van der Waals surface area contributed by atoms with E-state index in [1.54, 1.807) is 18.2 Å². The summed E-state index contributed by atoms with van der Waals surface area (Å²) in [6.45, 7) is 0.400. The fraction of sp³-hybridized carbons (Fsp3) is 0.158. The number of hydrogen-bond donors (Lipinski definition) is 2. The van der Waals surface area contributed by atoms with E-state index in [4.69, 9.17) is 0 Å². The molecular weight excluding hydrogens is 357 g/mol. The summed E-state index contributed by atoms with van der Waals surface area (Å²) >= 11 is 0. The minimum absolute atomic E-state index is 0.137. The van der Waals surface area contributed by atoms with Crippen molar-refractivity contribution < 1.29 is 18.0 Å². The molecule has 2 N–H and O–H groups in total. The molecule has 0 saturated heterocycles. The maximum atomic E-state index is 13.8. The molecule has 1 amide bonds. The molecule has 27 heavy (non-hydrogen) atoms. The molecule has 2 heterocycles. The van der Waals surface area contributed by atoms with Crippen LogP contribution < -0.4 is 10.6 Å². The van der Waals surface area contributed by atoms with Crippen molar-refractivity contribution in [3.63, 3.8) is 0 Å². The van der Waals surface area contributed by atoms with E-state index in [0.29, 0.717) is 22.5 Å². The first-order chi connectivity index (χ1) is 13.0. The lowest BCUT2D eigenvalue weighted by Crippen LogP contribution is -2.45. The van der Waals surface area contributed by atoms with E-state index in [0.717, 1.165) is 6.07 Å². The molecule has 5 nitrogen and oxygen atoms in total. The minimum atomic E-state index is -0.643. The van der Waals surface area contributed by atoms with Crippen LogP contribution in [0.5, 0.6) is 0 Å². The molecule has 138 valence electrons. The smallest absolute Gasteiger partial charge is 0.269 e. The zero-order chi connectivity index (χ0) is 19.0. The maximum Gasteiger partial charge on any atom is 0.269 e. The van der Waals surface area contributed by atoms with Crippen LogP contribution in [0.3, 0.4) is 0 Å². The highest BCUT2D eigenvalue weighted by Gasteiger charge is 2.27. The lowest BCUT2D eigenvalue weighted by molar-refractivity contribution is 0.0900. The van der Waals surface area contributed by atoms with Crippen molar-refractivity contribution in [1.82, 2.24) is 20.4 Å². The summed E-state index contributed by atoms with van der Waals surface area (Å²) in [5.41, 5.74) is 1.86. The second kappa shape index (κ2) is 6.88. The highest BCUT2D eigenvalue weighted by atomic mass is 19.1. The van der Waals surface area contributed by atoms with E-state index in [9.17, 15) is 18.0 Å². The molecule has 0 radical (unpaired) electrons. The van der Waals surface area contributed by atoms with Crippen LogP contribution in [0, 0.1) is 17.5 Å². The number of hydrogen-bond acceptors (Lipinski definition) is 3. The molecule has 0 spiro atoms. The Bertz CT molecular complexity index is 1000.